The highest BCUT2D eigenvalue weighted by molar-refractivity contribution is 7.93. The summed E-state index contributed by atoms with van der Waals surface area (Å²) in [6.07, 6.45) is -1.81. The van der Waals surface area contributed by atoms with Gasteiger partial charge in [0.1, 0.15) is 6.33 Å². The minimum absolute atomic E-state index is 0.0154. The Morgan fingerprint density at radius 2 is 1.44 bits per heavy atom. The first kappa shape index (κ1) is 28.4. The van der Waals surface area contributed by atoms with Crippen LogP contribution in [0.3, 0.4) is 0 Å². The minimum atomic E-state index is -5.56. The number of aromatic nitrogens is 2. The number of sulfonamides is 1. The molecule has 1 aliphatic carbocycles. The molecule has 210 valence electrons. The van der Waals surface area contributed by atoms with Crippen molar-refractivity contribution in [1.29, 1.82) is 0 Å². The molecule has 0 spiro atoms. The van der Waals surface area contributed by atoms with E-state index in [0.717, 1.165) is 43.4 Å². The molecule has 0 amide bonds. The zero-order chi connectivity index (χ0) is 28.6. The van der Waals surface area contributed by atoms with Crippen molar-refractivity contribution in [1.82, 2.24) is 9.97 Å². The largest absolute Gasteiger partial charge is 0.516 e. The van der Waals surface area contributed by atoms with Crippen LogP contribution < -0.4 is 15.4 Å². The Morgan fingerprint density at radius 1 is 0.872 bits per heavy atom. The van der Waals surface area contributed by atoms with Gasteiger partial charge in [0.15, 0.2) is 11.6 Å². The molecule has 3 N–H and O–H groups in total. The van der Waals surface area contributed by atoms with Crippen molar-refractivity contribution in [3.05, 3.63) is 77.4 Å². The molecule has 1 fully saturated rings. The molecule has 1 saturated carbocycles. The van der Waals surface area contributed by atoms with E-state index in [1.165, 1.54) is 29.0 Å². The molecular weight excluding hydrogens is 555 g/mol. The molecule has 1 unspecified atom stereocenters. The predicted octanol–water partition coefficient (Wildman–Crippen LogP) is 6.25. The lowest BCUT2D eigenvalue weighted by molar-refractivity contribution is -0.137. The number of rotatable bonds is 9. The van der Waals surface area contributed by atoms with E-state index in [4.69, 9.17) is 0 Å². The molecule has 7 nitrogen and oxygen atoms in total. The number of anilines is 3. The lowest BCUT2D eigenvalue weighted by Gasteiger charge is -2.33. The van der Waals surface area contributed by atoms with Crippen LogP contribution in [0.1, 0.15) is 36.5 Å². The zero-order valence-electron chi connectivity index (χ0n) is 20.2. The highest BCUT2D eigenvalue weighted by Gasteiger charge is 2.46. The predicted molar refractivity (Wildman–Crippen MR) is 129 cm³/mol. The molecular formula is C24H22F7N5O2S. The maximum atomic E-state index is 15.3. The smallest absolute Gasteiger partial charge is 0.363 e. The van der Waals surface area contributed by atoms with Crippen LogP contribution in [-0.4, -0.2) is 23.9 Å². The van der Waals surface area contributed by atoms with Gasteiger partial charge < -0.3 is 10.6 Å². The van der Waals surface area contributed by atoms with Gasteiger partial charge in [0.05, 0.1) is 11.1 Å². The summed E-state index contributed by atoms with van der Waals surface area (Å²) >= 11 is 0. The Hall–Kier alpha value is -3.62. The van der Waals surface area contributed by atoms with E-state index in [9.17, 15) is 34.8 Å². The van der Waals surface area contributed by atoms with Crippen LogP contribution in [0.5, 0.6) is 0 Å². The third kappa shape index (κ3) is 6.34. The molecule has 2 aromatic carbocycles. The number of nitrogens with zero attached hydrogens (tertiary/aromatic N) is 2. The van der Waals surface area contributed by atoms with Crippen molar-refractivity contribution in [2.24, 2.45) is 5.92 Å². The highest BCUT2D eigenvalue weighted by Crippen LogP contribution is 2.48. The SMILES string of the molecule is CC(Nc1ncnc(NCc2ccc(NS(=O)(=O)C(F)(F)F)cc2)c1F)(c1ccc(C(F)(F)F)cc1)C1CC1. The maximum Gasteiger partial charge on any atom is 0.516 e. The zero-order valence-corrected chi connectivity index (χ0v) is 21.0. The van der Waals surface area contributed by atoms with Gasteiger partial charge >= 0.3 is 21.7 Å². The Labute approximate surface area is 218 Å². The average Bonchev–Trinajstić information content (AvgIpc) is 3.70. The van der Waals surface area contributed by atoms with Crippen LogP contribution in [0.25, 0.3) is 0 Å². The van der Waals surface area contributed by atoms with Gasteiger partial charge in [-0.15, -0.1) is 0 Å². The van der Waals surface area contributed by atoms with Gasteiger partial charge in [0.2, 0.25) is 5.82 Å². The van der Waals surface area contributed by atoms with E-state index in [2.05, 4.69) is 20.6 Å². The highest BCUT2D eigenvalue weighted by atomic mass is 32.2. The molecule has 0 bridgehead atoms. The second-order valence-electron chi connectivity index (χ2n) is 9.16. The molecule has 4 rings (SSSR count). The van der Waals surface area contributed by atoms with Crippen molar-refractivity contribution in [2.75, 3.05) is 15.4 Å². The molecule has 15 heteroatoms. The third-order valence-corrected chi connectivity index (χ3v) is 7.46. The van der Waals surface area contributed by atoms with E-state index in [-0.39, 0.29) is 29.8 Å². The fraction of sp³-hybridized carbons (Fsp3) is 0.333. The molecule has 0 saturated heterocycles. The van der Waals surface area contributed by atoms with Gasteiger partial charge in [-0.05, 0) is 61.1 Å². The van der Waals surface area contributed by atoms with Crippen LogP contribution >= 0.6 is 0 Å². The third-order valence-electron chi connectivity index (χ3n) is 6.34. The molecule has 3 aromatic rings. The van der Waals surface area contributed by atoms with Crippen molar-refractivity contribution >= 4 is 27.3 Å². The van der Waals surface area contributed by atoms with Crippen molar-refractivity contribution < 1.29 is 39.2 Å². The Balaban J connectivity index is 1.47. The van der Waals surface area contributed by atoms with Gasteiger partial charge in [-0.3, -0.25) is 4.72 Å². The quantitative estimate of drug-likeness (QED) is 0.261. The van der Waals surface area contributed by atoms with E-state index < -0.39 is 38.6 Å². The summed E-state index contributed by atoms with van der Waals surface area (Å²) in [5, 5.41) is 5.78. The fourth-order valence-corrected chi connectivity index (χ4v) is 4.55. The average molecular weight is 578 g/mol. The second-order valence-corrected chi connectivity index (χ2v) is 10.8. The van der Waals surface area contributed by atoms with Gasteiger partial charge in [-0.1, -0.05) is 24.3 Å². The summed E-state index contributed by atoms with van der Waals surface area (Å²) in [5.74, 6) is -1.17. The first-order valence-corrected chi connectivity index (χ1v) is 13.0. The van der Waals surface area contributed by atoms with E-state index >= 15 is 4.39 Å². The molecule has 1 aromatic heterocycles. The molecule has 1 heterocycles. The van der Waals surface area contributed by atoms with E-state index in [0.29, 0.717) is 11.1 Å². The fourth-order valence-electron chi connectivity index (χ4n) is 3.99. The summed E-state index contributed by atoms with van der Waals surface area (Å²) in [5.41, 5.74) is -6.47. The number of alkyl halides is 6. The van der Waals surface area contributed by atoms with Crippen LogP contribution in [-0.2, 0) is 28.3 Å². The number of hydrogen-bond acceptors (Lipinski definition) is 6. The van der Waals surface area contributed by atoms with Gasteiger partial charge in [-0.25, -0.2) is 9.97 Å². The van der Waals surface area contributed by atoms with E-state index in [1.54, 1.807) is 6.92 Å². The number of hydrogen-bond donors (Lipinski definition) is 3. The number of benzene rings is 2. The monoisotopic (exact) mass is 577 g/mol. The Morgan fingerprint density at radius 3 is 1.97 bits per heavy atom. The van der Waals surface area contributed by atoms with E-state index in [1.807, 2.05) is 0 Å². The van der Waals surface area contributed by atoms with Gasteiger partial charge in [-0.2, -0.15) is 39.2 Å². The molecule has 1 atom stereocenters. The molecule has 0 radical (unpaired) electrons. The summed E-state index contributed by atoms with van der Waals surface area (Å²) in [6, 6.07) is 9.57. The lowest BCUT2D eigenvalue weighted by atomic mass is 9.86. The topological polar surface area (TPSA) is 96.0 Å². The molecule has 39 heavy (non-hydrogen) atoms. The van der Waals surface area contributed by atoms with Gasteiger partial charge in [0.25, 0.3) is 0 Å². The van der Waals surface area contributed by atoms with Gasteiger partial charge in [0, 0.05) is 12.2 Å². The van der Waals surface area contributed by atoms with Crippen LogP contribution in [0.15, 0.2) is 54.9 Å². The van der Waals surface area contributed by atoms with Crippen molar-refractivity contribution in [3.8, 4) is 0 Å². The Bertz CT molecular complexity index is 1430. The number of nitrogens with one attached hydrogen (secondary N) is 3. The first-order chi connectivity index (χ1) is 18.1. The summed E-state index contributed by atoms with van der Waals surface area (Å²) in [4.78, 5) is 7.83. The van der Waals surface area contributed by atoms with Crippen LogP contribution in [0.2, 0.25) is 0 Å². The van der Waals surface area contributed by atoms with Crippen molar-refractivity contribution in [2.45, 2.75) is 43.5 Å². The summed E-state index contributed by atoms with van der Waals surface area (Å²) in [6.45, 7) is 1.75. The molecule has 1 aliphatic rings. The summed E-state index contributed by atoms with van der Waals surface area (Å²) < 4.78 is 116. The minimum Gasteiger partial charge on any atom is -0.363 e. The molecule has 0 aliphatic heterocycles. The first-order valence-electron chi connectivity index (χ1n) is 11.5. The van der Waals surface area contributed by atoms with Crippen LogP contribution in [0.4, 0.5) is 48.1 Å². The normalized spacial score (nSPS) is 15.9. The summed E-state index contributed by atoms with van der Waals surface area (Å²) in [7, 11) is -5.56. The Kier molecular flexibility index (Phi) is 7.40. The van der Waals surface area contributed by atoms with Crippen molar-refractivity contribution in [3.63, 3.8) is 0 Å². The second kappa shape index (κ2) is 10.2. The maximum absolute atomic E-state index is 15.3. The standard InChI is InChI=1S/C24H22F7N5O2S/c1-22(15-4-5-15,16-6-8-17(9-7-16)23(26,27)28)35-21-19(25)20(33-13-34-21)32-12-14-2-10-18(11-3-14)36-39(37,38)24(29,30)31/h2-3,6-11,13,15,36H,4-5,12H2,1H3,(H2,32,33,34,35). The lowest BCUT2D eigenvalue weighted by Crippen LogP contribution is -2.35. The van der Waals surface area contributed by atoms with Crippen LogP contribution in [0, 0.1) is 11.7 Å². The number of halogens is 7.